The molecular weight excluding hydrogens is 380 g/mol. The van der Waals surface area contributed by atoms with Gasteiger partial charge in [-0.1, -0.05) is 24.3 Å². The van der Waals surface area contributed by atoms with E-state index in [1.165, 1.54) is 0 Å². The van der Waals surface area contributed by atoms with E-state index in [1.54, 1.807) is 19.1 Å². The first-order valence-electron chi connectivity index (χ1n) is 9.80. The smallest absolute Gasteiger partial charge is 0.262 e. The molecular formula is C24H24N2O4. The average molecular weight is 404 g/mol. The molecule has 4 rings (SSSR count). The first kappa shape index (κ1) is 19.6. The van der Waals surface area contributed by atoms with Crippen LogP contribution in [0.25, 0.3) is 0 Å². The zero-order valence-electron chi connectivity index (χ0n) is 17.2. The normalized spacial score (nSPS) is 15.2. The number of ether oxygens (including phenoxy) is 3. The monoisotopic (exact) mass is 404 g/mol. The number of methoxy groups -OCH3 is 2. The highest BCUT2D eigenvalue weighted by Gasteiger charge is 2.36. The van der Waals surface area contributed by atoms with Crippen LogP contribution in [0.4, 0.5) is 11.4 Å². The van der Waals surface area contributed by atoms with Crippen LogP contribution in [0.5, 0.6) is 17.2 Å². The zero-order chi connectivity index (χ0) is 21.1. The van der Waals surface area contributed by atoms with Gasteiger partial charge in [-0.15, -0.1) is 0 Å². The van der Waals surface area contributed by atoms with Crippen molar-refractivity contribution in [3.63, 3.8) is 0 Å². The van der Waals surface area contributed by atoms with Crippen molar-refractivity contribution in [2.24, 2.45) is 0 Å². The molecule has 0 saturated heterocycles. The number of fused-ring (bicyclic) bond motifs is 1. The van der Waals surface area contributed by atoms with Crippen molar-refractivity contribution in [1.29, 1.82) is 0 Å². The van der Waals surface area contributed by atoms with Crippen molar-refractivity contribution in [2.75, 3.05) is 31.0 Å². The van der Waals surface area contributed by atoms with E-state index in [2.05, 4.69) is 5.32 Å². The van der Waals surface area contributed by atoms with Crippen LogP contribution in [-0.4, -0.2) is 26.7 Å². The molecule has 30 heavy (non-hydrogen) atoms. The molecule has 6 heteroatoms. The Balaban J connectivity index is 1.87. The van der Waals surface area contributed by atoms with Gasteiger partial charge < -0.3 is 19.5 Å². The van der Waals surface area contributed by atoms with E-state index in [0.29, 0.717) is 23.7 Å². The predicted octanol–water partition coefficient (Wildman–Crippen LogP) is 4.87. The molecule has 0 aromatic heterocycles. The lowest BCUT2D eigenvalue weighted by Crippen LogP contribution is -2.43. The van der Waals surface area contributed by atoms with Crippen LogP contribution >= 0.6 is 0 Å². The van der Waals surface area contributed by atoms with Crippen molar-refractivity contribution in [2.45, 2.75) is 13.1 Å². The minimum Gasteiger partial charge on any atom is -0.497 e. The SMILES string of the molecule is CCOc1cccc([C@H]2Nc3ccccc3C(=O)N2c2ccc(OC)cc2)c1OC. The van der Waals surface area contributed by atoms with Gasteiger partial charge in [-0.3, -0.25) is 9.69 Å². The van der Waals surface area contributed by atoms with Crippen molar-refractivity contribution in [3.05, 3.63) is 77.9 Å². The fourth-order valence-electron chi connectivity index (χ4n) is 3.72. The summed E-state index contributed by atoms with van der Waals surface area (Å²) in [5, 5.41) is 3.50. The van der Waals surface area contributed by atoms with Gasteiger partial charge in [-0.05, 0) is 49.4 Å². The molecule has 0 bridgehead atoms. The molecule has 3 aromatic carbocycles. The number of hydrogen-bond donors (Lipinski definition) is 1. The molecule has 0 fully saturated rings. The molecule has 0 radical (unpaired) electrons. The molecule has 1 N–H and O–H groups in total. The third kappa shape index (κ3) is 3.41. The second kappa shape index (κ2) is 8.37. The summed E-state index contributed by atoms with van der Waals surface area (Å²) in [6.45, 7) is 2.44. The maximum Gasteiger partial charge on any atom is 0.262 e. The molecule has 0 aliphatic carbocycles. The third-order valence-corrected chi connectivity index (χ3v) is 5.09. The second-order valence-electron chi connectivity index (χ2n) is 6.78. The van der Waals surface area contributed by atoms with Crippen LogP contribution in [0, 0.1) is 0 Å². The molecule has 1 atom stereocenters. The van der Waals surface area contributed by atoms with Gasteiger partial charge in [0.2, 0.25) is 0 Å². The molecule has 0 saturated carbocycles. The Hall–Kier alpha value is -3.67. The Morgan fingerprint density at radius 1 is 0.933 bits per heavy atom. The highest BCUT2D eigenvalue weighted by Crippen LogP contribution is 2.42. The van der Waals surface area contributed by atoms with Gasteiger partial charge in [-0.25, -0.2) is 0 Å². The summed E-state index contributed by atoms with van der Waals surface area (Å²) in [5.41, 5.74) is 2.95. The number of anilines is 2. The van der Waals surface area contributed by atoms with Crippen molar-refractivity contribution >= 4 is 17.3 Å². The van der Waals surface area contributed by atoms with E-state index in [-0.39, 0.29) is 5.91 Å². The molecule has 1 heterocycles. The van der Waals surface area contributed by atoms with E-state index in [4.69, 9.17) is 14.2 Å². The van der Waals surface area contributed by atoms with E-state index in [9.17, 15) is 4.79 Å². The Labute approximate surface area is 176 Å². The highest BCUT2D eigenvalue weighted by atomic mass is 16.5. The van der Waals surface area contributed by atoms with Crippen LogP contribution < -0.4 is 24.4 Å². The zero-order valence-corrected chi connectivity index (χ0v) is 17.2. The Kier molecular flexibility index (Phi) is 5.48. The highest BCUT2D eigenvalue weighted by molar-refractivity contribution is 6.12. The van der Waals surface area contributed by atoms with Gasteiger partial charge in [0, 0.05) is 16.9 Å². The Morgan fingerprint density at radius 2 is 1.70 bits per heavy atom. The number of nitrogens with zero attached hydrogens (tertiary/aromatic N) is 1. The molecule has 3 aromatic rings. The van der Waals surface area contributed by atoms with Gasteiger partial charge in [0.25, 0.3) is 5.91 Å². The van der Waals surface area contributed by atoms with Gasteiger partial charge in [0.1, 0.15) is 11.9 Å². The summed E-state index contributed by atoms with van der Waals surface area (Å²) in [4.78, 5) is 15.3. The summed E-state index contributed by atoms with van der Waals surface area (Å²) in [6, 6.07) is 20.6. The standard InChI is InChI=1S/C24H24N2O4/c1-4-30-21-11-7-9-19(22(21)29-3)23-25-20-10-6-5-8-18(20)24(27)26(23)16-12-14-17(28-2)15-13-16/h5-15,23,25H,4H2,1-3H3/t23-/m0/s1. The Bertz CT molecular complexity index is 1050. The summed E-state index contributed by atoms with van der Waals surface area (Å²) >= 11 is 0. The van der Waals surface area contributed by atoms with Crippen LogP contribution in [0.1, 0.15) is 29.0 Å². The van der Waals surface area contributed by atoms with E-state index in [0.717, 1.165) is 22.7 Å². The summed E-state index contributed by atoms with van der Waals surface area (Å²) in [7, 11) is 3.23. The fraction of sp³-hybridized carbons (Fsp3) is 0.208. The lowest BCUT2D eigenvalue weighted by atomic mass is 10.0. The number of carbonyl (C=O) groups excluding carboxylic acids is 1. The lowest BCUT2D eigenvalue weighted by Gasteiger charge is -2.38. The van der Waals surface area contributed by atoms with Gasteiger partial charge in [0.05, 0.1) is 26.4 Å². The number of benzene rings is 3. The first-order chi connectivity index (χ1) is 14.7. The summed E-state index contributed by atoms with van der Waals surface area (Å²) in [5.74, 6) is 1.87. The van der Waals surface area contributed by atoms with Crippen LogP contribution in [0.2, 0.25) is 0 Å². The minimum atomic E-state index is -0.476. The number of hydrogen-bond acceptors (Lipinski definition) is 5. The summed E-state index contributed by atoms with van der Waals surface area (Å²) < 4.78 is 16.7. The van der Waals surface area contributed by atoms with Crippen molar-refractivity contribution < 1.29 is 19.0 Å². The third-order valence-electron chi connectivity index (χ3n) is 5.09. The summed E-state index contributed by atoms with van der Waals surface area (Å²) in [6.07, 6.45) is -0.476. The van der Waals surface area contributed by atoms with Gasteiger partial charge >= 0.3 is 0 Å². The van der Waals surface area contributed by atoms with Crippen LogP contribution in [-0.2, 0) is 0 Å². The molecule has 6 nitrogen and oxygen atoms in total. The number of carbonyl (C=O) groups is 1. The van der Waals surface area contributed by atoms with E-state index in [1.807, 2.05) is 73.7 Å². The van der Waals surface area contributed by atoms with Crippen LogP contribution in [0.3, 0.4) is 0 Å². The second-order valence-corrected chi connectivity index (χ2v) is 6.78. The van der Waals surface area contributed by atoms with E-state index >= 15 is 0 Å². The molecule has 0 unspecified atom stereocenters. The van der Waals surface area contributed by atoms with Gasteiger partial charge in [0.15, 0.2) is 11.5 Å². The first-order valence-corrected chi connectivity index (χ1v) is 9.80. The van der Waals surface area contributed by atoms with Crippen molar-refractivity contribution in [3.8, 4) is 17.2 Å². The quantitative estimate of drug-likeness (QED) is 0.635. The lowest BCUT2D eigenvalue weighted by molar-refractivity contribution is 0.0974. The molecule has 154 valence electrons. The predicted molar refractivity (Wildman–Crippen MR) is 117 cm³/mol. The topological polar surface area (TPSA) is 60.0 Å². The maximum atomic E-state index is 13.5. The fourth-order valence-corrected chi connectivity index (χ4v) is 3.72. The molecule has 1 aliphatic rings. The maximum absolute atomic E-state index is 13.5. The Morgan fingerprint density at radius 3 is 2.40 bits per heavy atom. The minimum absolute atomic E-state index is 0.0941. The van der Waals surface area contributed by atoms with Gasteiger partial charge in [-0.2, -0.15) is 0 Å². The average Bonchev–Trinajstić information content (AvgIpc) is 2.79. The number of para-hydroxylation sites is 2. The number of rotatable bonds is 6. The molecule has 0 spiro atoms. The number of nitrogens with one attached hydrogen (secondary N) is 1. The van der Waals surface area contributed by atoms with Crippen LogP contribution in [0.15, 0.2) is 66.7 Å². The van der Waals surface area contributed by atoms with E-state index < -0.39 is 6.17 Å². The van der Waals surface area contributed by atoms with Crippen molar-refractivity contribution in [1.82, 2.24) is 0 Å². The largest absolute Gasteiger partial charge is 0.497 e. The molecule has 1 amide bonds. The number of amides is 1. The molecule has 1 aliphatic heterocycles.